The first-order valence-corrected chi connectivity index (χ1v) is 7.60. The Bertz CT molecular complexity index is 437. The number of amides is 1. The van der Waals surface area contributed by atoms with Crippen molar-refractivity contribution in [1.82, 2.24) is 5.32 Å². The third-order valence-corrected chi connectivity index (χ3v) is 4.34. The molecule has 1 atom stereocenters. The summed E-state index contributed by atoms with van der Waals surface area (Å²) >= 11 is 9.29. The molecule has 0 aliphatic heterocycles. The van der Waals surface area contributed by atoms with Gasteiger partial charge in [0.05, 0.1) is 15.4 Å². The normalized spacial score (nSPS) is 12.5. The van der Waals surface area contributed by atoms with Gasteiger partial charge in [-0.1, -0.05) is 32.8 Å². The Morgan fingerprint density at radius 1 is 1.42 bits per heavy atom. The van der Waals surface area contributed by atoms with Gasteiger partial charge in [-0.2, -0.15) is 0 Å². The van der Waals surface area contributed by atoms with E-state index >= 15 is 0 Å². The Hall–Kier alpha value is -0.610. The molecular formula is C14H18BrClFNO. The second-order valence-corrected chi connectivity index (χ2v) is 5.82. The fraction of sp³-hybridized carbons (Fsp3) is 0.500. The molecule has 106 valence electrons. The summed E-state index contributed by atoms with van der Waals surface area (Å²) in [7, 11) is 0. The molecule has 19 heavy (non-hydrogen) atoms. The number of hydrogen-bond donors (Lipinski definition) is 1. The van der Waals surface area contributed by atoms with Crippen molar-refractivity contribution in [3.05, 3.63) is 34.1 Å². The van der Waals surface area contributed by atoms with Gasteiger partial charge in [-0.15, -0.1) is 11.6 Å². The van der Waals surface area contributed by atoms with Gasteiger partial charge in [-0.3, -0.25) is 4.79 Å². The van der Waals surface area contributed by atoms with Gasteiger partial charge in [0, 0.05) is 6.54 Å². The maximum Gasteiger partial charge on any atom is 0.254 e. The number of rotatable bonds is 6. The molecule has 1 N–H and O–H groups in total. The zero-order valence-electron chi connectivity index (χ0n) is 11.1. The van der Waals surface area contributed by atoms with E-state index in [1.54, 1.807) is 12.1 Å². The summed E-state index contributed by atoms with van der Waals surface area (Å²) in [6.45, 7) is 4.48. The van der Waals surface area contributed by atoms with Crippen LogP contribution in [0.3, 0.4) is 0 Å². The molecule has 0 aliphatic rings. The van der Waals surface area contributed by atoms with Crippen LogP contribution in [0.5, 0.6) is 0 Å². The van der Waals surface area contributed by atoms with E-state index in [1.807, 2.05) is 0 Å². The van der Waals surface area contributed by atoms with Crippen molar-refractivity contribution in [3.63, 3.8) is 0 Å². The van der Waals surface area contributed by atoms with E-state index in [1.165, 1.54) is 6.07 Å². The molecule has 0 bridgehead atoms. The lowest BCUT2D eigenvalue weighted by atomic mass is 9.99. The second kappa shape index (κ2) is 7.85. The molecule has 1 unspecified atom stereocenters. The van der Waals surface area contributed by atoms with Crippen molar-refractivity contribution in [2.45, 2.75) is 32.1 Å². The van der Waals surface area contributed by atoms with Crippen molar-refractivity contribution in [1.29, 1.82) is 0 Å². The van der Waals surface area contributed by atoms with Crippen LogP contribution in [0.25, 0.3) is 0 Å². The molecule has 0 fully saturated rings. The van der Waals surface area contributed by atoms with Crippen LogP contribution in [0.4, 0.5) is 4.39 Å². The molecule has 0 saturated carbocycles. The zero-order chi connectivity index (χ0) is 14.4. The summed E-state index contributed by atoms with van der Waals surface area (Å²) in [5, 5.41) is 2.55. The summed E-state index contributed by atoms with van der Waals surface area (Å²) in [6, 6.07) is 4.64. The highest BCUT2D eigenvalue weighted by atomic mass is 79.9. The second-order valence-electron chi connectivity index (χ2n) is 4.40. The van der Waals surface area contributed by atoms with Crippen molar-refractivity contribution in [3.8, 4) is 0 Å². The number of carbonyl (C=O) groups is 1. The number of carbonyl (C=O) groups excluding carboxylic acids is 1. The van der Waals surface area contributed by atoms with Gasteiger partial charge in [0.25, 0.3) is 5.91 Å². The van der Waals surface area contributed by atoms with E-state index in [-0.39, 0.29) is 15.4 Å². The predicted molar refractivity (Wildman–Crippen MR) is 80.1 cm³/mol. The minimum absolute atomic E-state index is 0.0304. The van der Waals surface area contributed by atoms with Gasteiger partial charge in [0.2, 0.25) is 0 Å². The third kappa shape index (κ3) is 4.46. The zero-order valence-corrected chi connectivity index (χ0v) is 13.4. The van der Waals surface area contributed by atoms with E-state index in [4.69, 9.17) is 11.6 Å². The smallest absolute Gasteiger partial charge is 0.254 e. The molecule has 0 aromatic heterocycles. The molecule has 1 aromatic rings. The first-order valence-electron chi connectivity index (χ1n) is 6.37. The van der Waals surface area contributed by atoms with Gasteiger partial charge in [-0.25, -0.2) is 4.39 Å². The summed E-state index contributed by atoms with van der Waals surface area (Å²) < 4.78 is 14.0. The van der Waals surface area contributed by atoms with Gasteiger partial charge < -0.3 is 5.32 Å². The summed E-state index contributed by atoms with van der Waals surface area (Å²) in [5.41, 5.74) is 0.0304. The van der Waals surface area contributed by atoms with E-state index in [0.717, 1.165) is 12.8 Å². The number of nitrogens with one attached hydrogen (secondary N) is 1. The Kier molecular flexibility index (Phi) is 6.80. The fourth-order valence-electron chi connectivity index (χ4n) is 1.93. The first kappa shape index (κ1) is 16.4. The van der Waals surface area contributed by atoms with Gasteiger partial charge >= 0.3 is 0 Å². The molecule has 0 heterocycles. The van der Waals surface area contributed by atoms with Crippen LogP contribution in [-0.2, 0) is 0 Å². The molecule has 0 spiro atoms. The number of benzene rings is 1. The lowest BCUT2D eigenvalue weighted by Crippen LogP contribution is -2.33. The number of hydrogen-bond acceptors (Lipinski definition) is 1. The first-order chi connectivity index (χ1) is 9.01. The minimum atomic E-state index is -0.548. The van der Waals surface area contributed by atoms with Crippen molar-refractivity contribution < 1.29 is 9.18 Å². The lowest BCUT2D eigenvalue weighted by molar-refractivity contribution is 0.0947. The van der Waals surface area contributed by atoms with Crippen LogP contribution >= 0.6 is 27.5 Å². The van der Waals surface area contributed by atoms with E-state index < -0.39 is 11.7 Å². The monoisotopic (exact) mass is 349 g/mol. The average Bonchev–Trinajstić information content (AvgIpc) is 2.40. The number of alkyl halides is 1. The SMILES string of the molecule is CCC(CC)C(Cl)CNC(=O)c1cccc(Br)c1F. The molecule has 1 rings (SSSR count). The van der Waals surface area contributed by atoms with Crippen LogP contribution in [0.2, 0.25) is 0 Å². The fourth-order valence-corrected chi connectivity index (χ4v) is 2.73. The van der Waals surface area contributed by atoms with E-state index in [0.29, 0.717) is 12.5 Å². The largest absolute Gasteiger partial charge is 0.350 e. The molecule has 1 aromatic carbocycles. The maximum atomic E-state index is 13.7. The van der Waals surface area contributed by atoms with Crippen LogP contribution in [0, 0.1) is 11.7 Å². The summed E-state index contributed by atoms with van der Waals surface area (Å²) in [6.07, 6.45) is 1.93. The summed E-state index contributed by atoms with van der Waals surface area (Å²) in [5.74, 6) is -0.626. The van der Waals surface area contributed by atoms with Crippen molar-refractivity contribution in [2.75, 3.05) is 6.54 Å². The predicted octanol–water partition coefficient (Wildman–Crippen LogP) is 4.36. The maximum absolute atomic E-state index is 13.7. The molecule has 0 saturated heterocycles. The third-order valence-electron chi connectivity index (χ3n) is 3.21. The molecular weight excluding hydrogens is 333 g/mol. The average molecular weight is 351 g/mol. The van der Waals surface area contributed by atoms with E-state index in [2.05, 4.69) is 35.1 Å². The highest BCUT2D eigenvalue weighted by Crippen LogP contribution is 2.20. The highest BCUT2D eigenvalue weighted by Gasteiger charge is 2.18. The Morgan fingerprint density at radius 2 is 2.05 bits per heavy atom. The Balaban J connectivity index is 2.63. The standard InChI is InChI=1S/C14H18BrClFNO/c1-3-9(4-2)12(16)8-18-14(19)10-6-5-7-11(15)13(10)17/h5-7,9,12H,3-4,8H2,1-2H3,(H,18,19). The molecule has 0 aliphatic carbocycles. The van der Waals surface area contributed by atoms with Crippen molar-refractivity contribution in [2.24, 2.45) is 5.92 Å². The Labute approximate surface area is 126 Å². The van der Waals surface area contributed by atoms with Crippen LogP contribution in [-0.4, -0.2) is 17.8 Å². The molecule has 5 heteroatoms. The topological polar surface area (TPSA) is 29.1 Å². The molecule has 0 radical (unpaired) electrons. The highest BCUT2D eigenvalue weighted by molar-refractivity contribution is 9.10. The van der Waals surface area contributed by atoms with Gasteiger partial charge in [-0.05, 0) is 34.0 Å². The number of halogens is 3. The lowest BCUT2D eigenvalue weighted by Gasteiger charge is -2.19. The van der Waals surface area contributed by atoms with Gasteiger partial charge in [0.15, 0.2) is 0 Å². The van der Waals surface area contributed by atoms with Crippen LogP contribution in [0.1, 0.15) is 37.0 Å². The van der Waals surface area contributed by atoms with Crippen LogP contribution in [0.15, 0.2) is 22.7 Å². The van der Waals surface area contributed by atoms with E-state index in [9.17, 15) is 9.18 Å². The summed E-state index contributed by atoms with van der Waals surface area (Å²) in [4.78, 5) is 11.9. The Morgan fingerprint density at radius 3 is 2.63 bits per heavy atom. The van der Waals surface area contributed by atoms with Crippen molar-refractivity contribution >= 4 is 33.4 Å². The molecule has 1 amide bonds. The molecule has 2 nitrogen and oxygen atoms in total. The minimum Gasteiger partial charge on any atom is -0.350 e. The quantitative estimate of drug-likeness (QED) is 0.759. The van der Waals surface area contributed by atoms with Crippen LogP contribution < -0.4 is 5.32 Å². The van der Waals surface area contributed by atoms with Gasteiger partial charge in [0.1, 0.15) is 5.82 Å².